The highest BCUT2D eigenvalue weighted by molar-refractivity contribution is 7.89. The molecule has 0 aromatic carbocycles. The number of likely N-dealkylation sites (tertiary alicyclic amines) is 2. The van der Waals surface area contributed by atoms with E-state index in [9.17, 15) is 18.0 Å². The van der Waals surface area contributed by atoms with E-state index in [1.54, 1.807) is 23.3 Å². The first-order chi connectivity index (χ1) is 13.5. The second-order valence-electron chi connectivity index (χ2n) is 9.60. The molecule has 3 aliphatic heterocycles. The molecule has 1 atom stereocenters. The van der Waals surface area contributed by atoms with Crippen molar-refractivity contribution in [3.63, 3.8) is 0 Å². The van der Waals surface area contributed by atoms with Gasteiger partial charge in [-0.05, 0) is 32.1 Å². The van der Waals surface area contributed by atoms with E-state index in [-0.39, 0.29) is 29.0 Å². The number of hydrogen-bond donors (Lipinski definition) is 0. The third kappa shape index (κ3) is 3.65. The summed E-state index contributed by atoms with van der Waals surface area (Å²) in [7, 11) is 0.177. The number of hydrogen-bond acceptors (Lipinski definition) is 4. The number of fused-ring (bicyclic) bond motifs is 1. The van der Waals surface area contributed by atoms with Gasteiger partial charge in [0.05, 0.1) is 11.2 Å². The zero-order valence-corrected chi connectivity index (χ0v) is 19.3. The van der Waals surface area contributed by atoms with Gasteiger partial charge in [0.2, 0.25) is 15.9 Å². The van der Waals surface area contributed by atoms with E-state index in [0.29, 0.717) is 45.6 Å². The summed E-state index contributed by atoms with van der Waals surface area (Å²) < 4.78 is 27.0. The zero-order valence-electron chi connectivity index (χ0n) is 18.5. The van der Waals surface area contributed by atoms with Crippen molar-refractivity contribution in [3.05, 3.63) is 0 Å². The molecular weight excluding hydrogens is 392 g/mol. The van der Waals surface area contributed by atoms with Gasteiger partial charge >= 0.3 is 6.03 Å². The molecule has 8 nitrogen and oxygen atoms in total. The van der Waals surface area contributed by atoms with Gasteiger partial charge in [0.25, 0.3) is 0 Å². The van der Waals surface area contributed by atoms with Crippen LogP contribution in [-0.2, 0) is 14.8 Å². The van der Waals surface area contributed by atoms with Crippen LogP contribution in [-0.4, -0.2) is 98.5 Å². The number of piperidine rings is 1. The number of carbonyl (C=O) groups excluding carboxylic acids is 2. The summed E-state index contributed by atoms with van der Waals surface area (Å²) in [6, 6.07) is -0.0705. The van der Waals surface area contributed by atoms with Gasteiger partial charge in [-0.1, -0.05) is 13.8 Å². The Kier molecular flexibility index (Phi) is 5.95. The summed E-state index contributed by atoms with van der Waals surface area (Å²) in [6.45, 7) is 9.04. The molecule has 3 fully saturated rings. The Labute approximate surface area is 175 Å². The minimum absolute atomic E-state index is 0.0705. The lowest BCUT2D eigenvalue weighted by Crippen LogP contribution is -2.54. The molecule has 0 aliphatic carbocycles. The highest BCUT2D eigenvalue weighted by Gasteiger charge is 2.66. The normalized spacial score (nSPS) is 27.6. The van der Waals surface area contributed by atoms with E-state index >= 15 is 0 Å². The van der Waals surface area contributed by atoms with E-state index in [1.165, 1.54) is 0 Å². The Morgan fingerprint density at radius 3 is 2.21 bits per heavy atom. The first-order valence-electron chi connectivity index (χ1n) is 10.7. The van der Waals surface area contributed by atoms with Crippen LogP contribution >= 0.6 is 0 Å². The molecule has 166 valence electrons. The van der Waals surface area contributed by atoms with Crippen LogP contribution in [0.5, 0.6) is 0 Å². The highest BCUT2D eigenvalue weighted by Crippen LogP contribution is 2.58. The monoisotopic (exact) mass is 428 g/mol. The van der Waals surface area contributed by atoms with Crippen molar-refractivity contribution in [2.24, 2.45) is 16.7 Å². The predicted octanol–water partition coefficient (Wildman–Crippen LogP) is 1.29. The summed E-state index contributed by atoms with van der Waals surface area (Å²) in [5, 5.41) is 0. The van der Waals surface area contributed by atoms with Gasteiger partial charge in [-0.2, -0.15) is 0 Å². The molecule has 0 aromatic rings. The quantitative estimate of drug-likeness (QED) is 0.676. The molecule has 3 rings (SSSR count). The van der Waals surface area contributed by atoms with Crippen molar-refractivity contribution in [1.29, 1.82) is 0 Å². The number of carbonyl (C=O) groups is 2. The second-order valence-corrected chi connectivity index (χ2v) is 11.6. The minimum Gasteiger partial charge on any atom is -0.342 e. The van der Waals surface area contributed by atoms with Crippen molar-refractivity contribution >= 4 is 22.0 Å². The molecule has 3 amide bonds. The number of rotatable bonds is 4. The van der Waals surface area contributed by atoms with Gasteiger partial charge in [0.15, 0.2) is 0 Å². The summed E-state index contributed by atoms with van der Waals surface area (Å²) in [4.78, 5) is 31.4. The topological polar surface area (TPSA) is 81.2 Å². The molecule has 0 aromatic heterocycles. The van der Waals surface area contributed by atoms with E-state index in [4.69, 9.17) is 0 Å². The SMILES string of the molecule is CCN1CCC2(CN(C(=O)N(C)C)CC23CCN(S(=O)(=O)CC(C)C)CC3)C1=O. The fraction of sp³-hybridized carbons (Fsp3) is 0.900. The van der Waals surface area contributed by atoms with Gasteiger partial charge in [-0.15, -0.1) is 0 Å². The summed E-state index contributed by atoms with van der Waals surface area (Å²) >= 11 is 0. The Hall–Kier alpha value is -1.35. The molecule has 0 N–H and O–H groups in total. The number of nitrogens with zero attached hydrogens (tertiary/aromatic N) is 4. The van der Waals surface area contributed by atoms with E-state index in [2.05, 4.69) is 0 Å². The van der Waals surface area contributed by atoms with E-state index < -0.39 is 15.4 Å². The standard InChI is InChI=1S/C20H36N4O4S/c1-6-22-10-9-20(17(22)25)15-23(18(26)21(4)5)14-19(20)7-11-24(12-8-19)29(27,28)13-16(2)3/h16H,6-15H2,1-5H3. The van der Waals surface area contributed by atoms with Gasteiger partial charge in [0.1, 0.15) is 0 Å². The third-order valence-electron chi connectivity index (χ3n) is 7.13. The van der Waals surface area contributed by atoms with Gasteiger partial charge in [0, 0.05) is 58.8 Å². The van der Waals surface area contributed by atoms with Gasteiger partial charge < -0.3 is 14.7 Å². The molecule has 0 saturated carbocycles. The largest absolute Gasteiger partial charge is 0.342 e. The van der Waals surface area contributed by atoms with Gasteiger partial charge in [-0.25, -0.2) is 17.5 Å². The van der Waals surface area contributed by atoms with E-state index in [1.807, 2.05) is 30.6 Å². The first kappa shape index (κ1) is 22.3. The van der Waals surface area contributed by atoms with Crippen molar-refractivity contribution < 1.29 is 18.0 Å². The lowest BCUT2D eigenvalue weighted by atomic mass is 9.60. The maximum atomic E-state index is 13.4. The van der Waals surface area contributed by atoms with Crippen molar-refractivity contribution in [2.45, 2.75) is 40.0 Å². The van der Waals surface area contributed by atoms with Crippen LogP contribution in [0, 0.1) is 16.7 Å². The van der Waals surface area contributed by atoms with Crippen LogP contribution in [0.1, 0.15) is 40.0 Å². The van der Waals surface area contributed by atoms with Crippen LogP contribution in [0.25, 0.3) is 0 Å². The minimum atomic E-state index is -3.29. The smallest absolute Gasteiger partial charge is 0.319 e. The average Bonchev–Trinajstić information content (AvgIpc) is 3.13. The molecule has 0 bridgehead atoms. The average molecular weight is 429 g/mol. The lowest BCUT2D eigenvalue weighted by Gasteiger charge is -2.46. The lowest BCUT2D eigenvalue weighted by molar-refractivity contribution is -0.141. The molecule has 3 aliphatic rings. The Bertz CT molecular complexity index is 758. The zero-order chi connectivity index (χ0) is 21.6. The number of amides is 3. The van der Waals surface area contributed by atoms with Crippen LogP contribution in [0.4, 0.5) is 4.79 Å². The second kappa shape index (κ2) is 7.72. The van der Waals surface area contributed by atoms with Crippen LogP contribution in [0.15, 0.2) is 0 Å². The Morgan fingerprint density at radius 2 is 1.72 bits per heavy atom. The van der Waals surface area contributed by atoms with E-state index in [0.717, 1.165) is 13.0 Å². The number of sulfonamides is 1. The highest BCUT2D eigenvalue weighted by atomic mass is 32.2. The molecule has 0 radical (unpaired) electrons. The van der Waals surface area contributed by atoms with Crippen molar-refractivity contribution in [3.8, 4) is 0 Å². The molecule has 2 spiro atoms. The molecular formula is C20H36N4O4S. The summed E-state index contributed by atoms with van der Waals surface area (Å²) in [5.74, 6) is 0.378. The molecule has 9 heteroatoms. The molecule has 29 heavy (non-hydrogen) atoms. The maximum absolute atomic E-state index is 13.4. The molecule has 3 heterocycles. The van der Waals surface area contributed by atoms with Crippen molar-refractivity contribution in [1.82, 2.24) is 19.0 Å². The fourth-order valence-electron chi connectivity index (χ4n) is 5.62. The van der Waals surface area contributed by atoms with Gasteiger partial charge in [-0.3, -0.25) is 4.79 Å². The van der Waals surface area contributed by atoms with Crippen LogP contribution < -0.4 is 0 Å². The number of urea groups is 1. The first-order valence-corrected chi connectivity index (χ1v) is 12.3. The summed E-state index contributed by atoms with van der Waals surface area (Å²) in [5.41, 5.74) is -0.925. The summed E-state index contributed by atoms with van der Waals surface area (Å²) in [6.07, 6.45) is 2.01. The molecule has 1 unspecified atom stereocenters. The predicted molar refractivity (Wildman–Crippen MR) is 112 cm³/mol. The Morgan fingerprint density at radius 1 is 1.10 bits per heavy atom. The van der Waals surface area contributed by atoms with Crippen LogP contribution in [0.2, 0.25) is 0 Å². The maximum Gasteiger partial charge on any atom is 0.319 e. The Balaban J connectivity index is 1.88. The molecule has 3 saturated heterocycles. The third-order valence-corrected chi connectivity index (χ3v) is 9.37. The van der Waals surface area contributed by atoms with Crippen LogP contribution in [0.3, 0.4) is 0 Å². The fourth-order valence-corrected chi connectivity index (χ4v) is 7.41. The van der Waals surface area contributed by atoms with Crippen molar-refractivity contribution in [2.75, 3.05) is 59.1 Å².